The number of carbonyl (C=O) groups excluding carboxylic acids is 1. The van der Waals surface area contributed by atoms with Gasteiger partial charge in [-0.1, -0.05) is 43.2 Å². The molecule has 0 spiro atoms. The highest BCUT2D eigenvalue weighted by molar-refractivity contribution is 7.90. The van der Waals surface area contributed by atoms with E-state index < -0.39 is 20.7 Å². The van der Waals surface area contributed by atoms with Crippen LogP contribution < -0.4 is 30.2 Å². The summed E-state index contributed by atoms with van der Waals surface area (Å²) < 4.78 is 38.1. The molecule has 1 amide bonds. The second-order valence-corrected chi connectivity index (χ2v) is 20.2. The fraction of sp³-hybridized carbons (Fsp3) is 0.347. The molecule has 348 valence electrons. The summed E-state index contributed by atoms with van der Waals surface area (Å²) in [6, 6.07) is 26.0. The molecule has 1 atom stereocenters. The summed E-state index contributed by atoms with van der Waals surface area (Å²) in [5.74, 6) is -0.362. The molecule has 17 heteroatoms. The number of nitrogens with one attached hydrogen (secondary N) is 5. The van der Waals surface area contributed by atoms with Crippen molar-refractivity contribution >= 4 is 61.1 Å². The number of amides is 1. The van der Waals surface area contributed by atoms with Crippen molar-refractivity contribution in [3.05, 3.63) is 137 Å². The lowest BCUT2D eigenvalue weighted by atomic mass is 9.72. The van der Waals surface area contributed by atoms with Crippen LogP contribution in [0.2, 0.25) is 5.02 Å². The molecular weight excluding hydrogens is 878 g/mol. The highest BCUT2D eigenvalue weighted by Crippen LogP contribution is 2.43. The minimum Gasteiger partial charge on any atom is -0.593 e. The number of aromatic amines is 1. The number of aromatic nitrogens is 3. The Kier molecular flexibility index (Phi) is 14.2. The van der Waals surface area contributed by atoms with Crippen LogP contribution in [0, 0.1) is 10.6 Å². The van der Waals surface area contributed by atoms with Crippen LogP contribution in [0.4, 0.5) is 17.1 Å². The lowest BCUT2D eigenvalue weighted by Gasteiger charge is -2.35. The summed E-state index contributed by atoms with van der Waals surface area (Å²) in [7, 11) is -3.55. The number of carbonyl (C=O) groups is 1. The van der Waals surface area contributed by atoms with Gasteiger partial charge in [0, 0.05) is 97.6 Å². The number of nitrogens with zero attached hydrogens (tertiary/aromatic N) is 4. The van der Waals surface area contributed by atoms with Gasteiger partial charge in [0.25, 0.3) is 15.9 Å². The predicted octanol–water partition coefficient (Wildman–Crippen LogP) is 8.99. The number of benzene rings is 4. The summed E-state index contributed by atoms with van der Waals surface area (Å²) in [4.78, 5) is 17.2. The third-order valence-corrected chi connectivity index (χ3v) is 14.0. The van der Waals surface area contributed by atoms with Crippen molar-refractivity contribution in [1.29, 1.82) is 0 Å². The zero-order valence-corrected chi connectivity index (χ0v) is 39.1. The molecule has 2 aliphatic rings. The maximum atomic E-state index is 14.0. The minimum absolute atomic E-state index is 0.00971. The molecule has 6 aromatic rings. The van der Waals surface area contributed by atoms with E-state index in [0.717, 1.165) is 93.9 Å². The fourth-order valence-corrected chi connectivity index (χ4v) is 9.83. The Bertz CT molecular complexity index is 2780. The third kappa shape index (κ3) is 11.8. The number of sulfonamides is 1. The Morgan fingerprint density at radius 1 is 1.02 bits per heavy atom. The SMILES string of the molecule is CC1(C)CCC(CNCCNc2ccc(C(=O)NS(=O)(=O)c3ccc(NC4CCN(CCn5cccn5)CC4)c([N+](C)([O-])O)c3)c(Oc3ccc4[nH]ccc4c3)c2)=C(c2ccc(Cl)cc2)C1. The van der Waals surface area contributed by atoms with Crippen molar-refractivity contribution in [2.75, 3.05) is 56.9 Å². The van der Waals surface area contributed by atoms with Crippen molar-refractivity contribution in [2.24, 2.45) is 5.41 Å². The van der Waals surface area contributed by atoms with Crippen LogP contribution in [-0.2, 0) is 16.6 Å². The molecule has 1 unspecified atom stereocenters. The number of quaternary nitrogens is 1. The quantitative estimate of drug-likeness (QED) is 0.0274. The predicted molar refractivity (Wildman–Crippen MR) is 261 cm³/mol. The van der Waals surface area contributed by atoms with E-state index in [1.165, 1.54) is 34.9 Å². The summed E-state index contributed by atoms with van der Waals surface area (Å²) in [5, 5.41) is 39.9. The number of H-pyrrole nitrogens is 1. The van der Waals surface area contributed by atoms with E-state index in [-0.39, 0.29) is 33.4 Å². The highest BCUT2D eigenvalue weighted by atomic mass is 35.5. The molecule has 3 heterocycles. The number of halogens is 1. The van der Waals surface area contributed by atoms with Crippen LogP contribution in [0.5, 0.6) is 11.5 Å². The number of fused-ring (bicyclic) bond motifs is 1. The third-order valence-electron chi connectivity index (χ3n) is 12.4. The Morgan fingerprint density at radius 3 is 2.58 bits per heavy atom. The molecule has 8 rings (SSSR count). The summed E-state index contributed by atoms with van der Waals surface area (Å²) in [5.41, 5.74) is 5.81. The Labute approximate surface area is 391 Å². The molecule has 0 radical (unpaired) electrons. The molecule has 1 saturated heterocycles. The maximum Gasteiger partial charge on any atom is 0.268 e. The van der Waals surface area contributed by atoms with Gasteiger partial charge in [-0.2, -0.15) is 9.91 Å². The molecule has 1 fully saturated rings. The number of likely N-dealkylation sites (tertiary alicyclic amines) is 1. The zero-order chi connectivity index (χ0) is 46.5. The highest BCUT2D eigenvalue weighted by Gasteiger charge is 2.30. The number of ether oxygens (including phenoxy) is 1. The van der Waals surface area contributed by atoms with Gasteiger partial charge in [-0.05, 0) is 115 Å². The van der Waals surface area contributed by atoms with Crippen molar-refractivity contribution in [3.63, 3.8) is 0 Å². The Morgan fingerprint density at radius 2 is 1.82 bits per heavy atom. The number of hydroxylamine groups is 2. The molecule has 0 bridgehead atoms. The van der Waals surface area contributed by atoms with Gasteiger partial charge in [-0.3, -0.25) is 9.48 Å². The van der Waals surface area contributed by atoms with Gasteiger partial charge < -0.3 is 35.8 Å². The maximum absolute atomic E-state index is 14.0. The number of hydrogen-bond donors (Lipinski definition) is 6. The van der Waals surface area contributed by atoms with E-state index in [0.29, 0.717) is 30.2 Å². The van der Waals surface area contributed by atoms with E-state index in [4.69, 9.17) is 16.3 Å². The second kappa shape index (κ2) is 20.0. The first kappa shape index (κ1) is 46.8. The largest absolute Gasteiger partial charge is 0.593 e. The summed E-state index contributed by atoms with van der Waals surface area (Å²) >= 11 is 6.20. The molecule has 6 N–H and O–H groups in total. The van der Waals surface area contributed by atoms with Gasteiger partial charge in [-0.25, -0.2) is 18.3 Å². The minimum atomic E-state index is -4.55. The van der Waals surface area contributed by atoms with E-state index in [1.807, 2.05) is 53.5 Å². The van der Waals surface area contributed by atoms with Crippen LogP contribution in [-0.4, -0.2) is 91.6 Å². The number of allylic oxidation sites excluding steroid dienone is 1. The first-order chi connectivity index (χ1) is 31.6. The number of piperidine rings is 1. The summed E-state index contributed by atoms with van der Waals surface area (Å²) in [6.07, 6.45) is 10.2. The van der Waals surface area contributed by atoms with Gasteiger partial charge in [0.05, 0.1) is 22.7 Å². The Hall–Kier alpha value is -5.72. The topological polar surface area (TPSA) is 189 Å². The molecule has 1 aliphatic heterocycles. The van der Waals surface area contributed by atoms with Gasteiger partial charge >= 0.3 is 0 Å². The smallest absolute Gasteiger partial charge is 0.268 e. The molecule has 15 nitrogen and oxygen atoms in total. The van der Waals surface area contributed by atoms with Crippen LogP contribution in [0.15, 0.2) is 120 Å². The van der Waals surface area contributed by atoms with Crippen LogP contribution in [0.3, 0.4) is 0 Å². The van der Waals surface area contributed by atoms with Crippen LogP contribution in [0.1, 0.15) is 61.9 Å². The van der Waals surface area contributed by atoms with Gasteiger partial charge in [0.2, 0.25) is 0 Å². The van der Waals surface area contributed by atoms with Crippen molar-refractivity contribution in [1.82, 2.24) is 34.5 Å². The Balaban J connectivity index is 0.943. The molecule has 4 aromatic carbocycles. The first-order valence-electron chi connectivity index (χ1n) is 22.4. The average Bonchev–Trinajstić information content (AvgIpc) is 3.99. The van der Waals surface area contributed by atoms with E-state index in [1.54, 1.807) is 24.4 Å². The second-order valence-electron chi connectivity index (χ2n) is 18.1. The van der Waals surface area contributed by atoms with E-state index in [9.17, 15) is 23.6 Å². The number of anilines is 2. The van der Waals surface area contributed by atoms with Gasteiger partial charge in [0.15, 0.2) is 5.69 Å². The van der Waals surface area contributed by atoms with E-state index >= 15 is 0 Å². The average molecular weight is 937 g/mol. The number of hydrogen-bond acceptors (Lipinski definition) is 11. The molecule has 66 heavy (non-hydrogen) atoms. The monoisotopic (exact) mass is 935 g/mol. The summed E-state index contributed by atoms with van der Waals surface area (Å²) in [6.45, 7) is 9.86. The van der Waals surface area contributed by atoms with Gasteiger partial charge in [0.1, 0.15) is 18.5 Å². The number of rotatable bonds is 18. The molecule has 0 saturated carbocycles. The first-order valence-corrected chi connectivity index (χ1v) is 24.2. The van der Waals surface area contributed by atoms with Crippen LogP contribution >= 0.6 is 11.6 Å². The lowest BCUT2D eigenvalue weighted by molar-refractivity contribution is -0.00404. The molecule has 2 aromatic heterocycles. The normalized spacial score (nSPS) is 16.8. The molecule has 1 aliphatic carbocycles. The van der Waals surface area contributed by atoms with Crippen LogP contribution in [0.25, 0.3) is 16.5 Å². The molecular formula is C49H58ClN9O6S. The van der Waals surface area contributed by atoms with Gasteiger partial charge in [-0.15, -0.1) is 0 Å². The fourth-order valence-electron chi connectivity index (χ4n) is 8.72. The zero-order valence-electron chi connectivity index (χ0n) is 37.5. The van der Waals surface area contributed by atoms with E-state index in [2.05, 4.69) is 61.6 Å². The van der Waals surface area contributed by atoms with Crippen molar-refractivity contribution < 1.29 is 23.2 Å². The lowest BCUT2D eigenvalue weighted by Crippen LogP contribution is -2.41. The van der Waals surface area contributed by atoms with Crippen molar-refractivity contribution in [3.8, 4) is 11.5 Å². The standard InChI is InChI=1S/C49H58ClN9O6S/c1-49(2)19-15-36(43(32-49)34-5-7-37(50)8-6-34)33-51-22-23-52-39-9-12-42(47(30-39)65-40-10-13-44-35(29-40)16-21-53-44)48(60)56-66(63,64)41-11-14-45(46(31-41)59(3,61)62)55-38-17-25-57(26-18-38)27-28-58-24-4-20-54-58/h4-14,16,20-21,24,29-31,38,51-53,55,61H,15,17-19,22-23,25-28,32-33H2,1-3H3,(H,56,60). The van der Waals surface area contributed by atoms with Crippen molar-refractivity contribution in [2.45, 2.75) is 63.4 Å².